The first kappa shape index (κ1) is 24.4. The van der Waals surface area contributed by atoms with Gasteiger partial charge >= 0.3 is 5.97 Å². The molecule has 8 heteroatoms. The first-order valence-electron chi connectivity index (χ1n) is 12.1. The third-order valence-corrected chi connectivity index (χ3v) is 6.29. The summed E-state index contributed by atoms with van der Waals surface area (Å²) in [4.78, 5) is 33.5. The highest BCUT2D eigenvalue weighted by molar-refractivity contribution is 5.96. The number of fused-ring (bicyclic) bond motifs is 1. The lowest BCUT2D eigenvalue weighted by molar-refractivity contribution is -0.139. The van der Waals surface area contributed by atoms with Crippen LogP contribution in [0.2, 0.25) is 0 Å². The smallest absolute Gasteiger partial charge is 0.326 e. The van der Waals surface area contributed by atoms with Crippen LogP contribution in [0.3, 0.4) is 0 Å². The summed E-state index contributed by atoms with van der Waals surface area (Å²) in [5.41, 5.74) is 2.63. The maximum atomic E-state index is 12.7. The highest BCUT2D eigenvalue weighted by atomic mass is 16.5. The van der Waals surface area contributed by atoms with E-state index >= 15 is 0 Å². The molecule has 2 aromatic carbocycles. The van der Waals surface area contributed by atoms with Gasteiger partial charge in [0.1, 0.15) is 30.7 Å². The number of hydrogen-bond acceptors (Lipinski definition) is 6. The van der Waals surface area contributed by atoms with Crippen LogP contribution in [0.1, 0.15) is 54.6 Å². The third kappa shape index (κ3) is 6.68. The summed E-state index contributed by atoms with van der Waals surface area (Å²) in [6.07, 6.45) is 5.96. The fourth-order valence-corrected chi connectivity index (χ4v) is 4.45. The predicted octanol–water partition coefficient (Wildman–Crippen LogP) is 4.55. The molecule has 0 saturated heterocycles. The molecule has 1 aromatic heterocycles. The molecule has 1 amide bonds. The Labute approximate surface area is 204 Å². The van der Waals surface area contributed by atoms with E-state index in [4.69, 9.17) is 9.47 Å². The molecule has 8 nitrogen and oxygen atoms in total. The Hall–Kier alpha value is -3.68. The minimum absolute atomic E-state index is 0.248. The Balaban J connectivity index is 1.30. The van der Waals surface area contributed by atoms with Crippen LogP contribution < -0.4 is 14.8 Å². The summed E-state index contributed by atoms with van der Waals surface area (Å²) >= 11 is 0. The van der Waals surface area contributed by atoms with Gasteiger partial charge in [-0.25, -0.2) is 14.8 Å². The maximum Gasteiger partial charge on any atom is 0.326 e. The van der Waals surface area contributed by atoms with Gasteiger partial charge in [-0.2, -0.15) is 0 Å². The fourth-order valence-electron chi connectivity index (χ4n) is 4.45. The average molecular weight is 478 g/mol. The van der Waals surface area contributed by atoms with Crippen LogP contribution in [0.25, 0.3) is 11.0 Å². The predicted molar refractivity (Wildman–Crippen MR) is 132 cm³/mol. The Bertz CT molecular complexity index is 1180. The van der Waals surface area contributed by atoms with E-state index in [1.54, 1.807) is 24.3 Å². The standard InChI is InChI=1S/C27H31N3O5/c1-18-26(30-23-13-6-5-12-22(23)28-18)35-15-14-34-21-11-7-10-20(17-21)25(31)29-24(27(32)33)16-19-8-3-2-4-9-19/h5-7,10-13,17,19,24H,2-4,8-9,14-16H2,1H3,(H,29,31)(H,32,33)/t24-/m0/s1. The van der Waals surface area contributed by atoms with Gasteiger partial charge in [0.15, 0.2) is 0 Å². The molecule has 1 atom stereocenters. The van der Waals surface area contributed by atoms with Gasteiger partial charge in [0.05, 0.1) is 11.0 Å². The first-order valence-corrected chi connectivity index (χ1v) is 12.1. The molecule has 0 unspecified atom stereocenters. The number of ether oxygens (including phenoxy) is 2. The van der Waals surface area contributed by atoms with Crippen LogP contribution in [0, 0.1) is 12.8 Å². The molecule has 35 heavy (non-hydrogen) atoms. The number of aromatic nitrogens is 2. The van der Waals surface area contributed by atoms with Gasteiger partial charge < -0.3 is 19.9 Å². The molecular formula is C27H31N3O5. The number of para-hydroxylation sites is 2. The van der Waals surface area contributed by atoms with Crippen molar-refractivity contribution in [3.8, 4) is 11.6 Å². The second kappa shape index (κ2) is 11.6. The van der Waals surface area contributed by atoms with Crippen LogP contribution in [-0.4, -0.2) is 46.2 Å². The van der Waals surface area contributed by atoms with Gasteiger partial charge in [-0.1, -0.05) is 50.3 Å². The van der Waals surface area contributed by atoms with Crippen LogP contribution in [-0.2, 0) is 4.79 Å². The molecule has 3 aromatic rings. The van der Waals surface area contributed by atoms with Crippen molar-refractivity contribution in [1.29, 1.82) is 0 Å². The quantitative estimate of drug-likeness (QED) is 0.412. The lowest BCUT2D eigenvalue weighted by atomic mass is 9.85. The number of benzene rings is 2. The lowest BCUT2D eigenvalue weighted by Gasteiger charge is -2.25. The number of hydrogen-bond donors (Lipinski definition) is 2. The summed E-state index contributed by atoms with van der Waals surface area (Å²) in [7, 11) is 0. The zero-order chi connectivity index (χ0) is 24.6. The number of nitrogens with zero attached hydrogens (tertiary/aromatic N) is 2. The number of rotatable bonds is 10. The summed E-state index contributed by atoms with van der Waals surface area (Å²) in [6, 6.07) is 13.4. The van der Waals surface area contributed by atoms with E-state index in [2.05, 4.69) is 15.3 Å². The van der Waals surface area contributed by atoms with Gasteiger partial charge in [-0.3, -0.25) is 4.79 Å². The zero-order valence-corrected chi connectivity index (χ0v) is 19.9. The number of aryl methyl sites for hydroxylation is 1. The summed E-state index contributed by atoms with van der Waals surface area (Å²) < 4.78 is 11.5. The molecule has 2 N–H and O–H groups in total. The van der Waals surface area contributed by atoms with E-state index in [0.717, 1.165) is 36.7 Å². The van der Waals surface area contributed by atoms with Gasteiger partial charge in [-0.15, -0.1) is 0 Å². The number of carboxylic acid groups (broad SMARTS) is 1. The number of carbonyl (C=O) groups is 2. The van der Waals surface area contributed by atoms with Crippen LogP contribution >= 0.6 is 0 Å². The SMILES string of the molecule is Cc1nc2ccccc2nc1OCCOc1cccc(C(=O)N[C@@H](CC2CCCCC2)C(=O)O)c1. The van der Waals surface area contributed by atoms with Crippen LogP contribution in [0.5, 0.6) is 11.6 Å². The number of carboxylic acids is 1. The molecular weight excluding hydrogens is 446 g/mol. The number of carbonyl (C=O) groups excluding carboxylic acids is 1. The topological polar surface area (TPSA) is 111 Å². The largest absolute Gasteiger partial charge is 0.490 e. The highest BCUT2D eigenvalue weighted by Gasteiger charge is 2.26. The van der Waals surface area contributed by atoms with E-state index in [1.807, 2.05) is 31.2 Å². The summed E-state index contributed by atoms with van der Waals surface area (Å²) in [5.74, 6) is -0.117. The summed E-state index contributed by atoms with van der Waals surface area (Å²) in [5, 5.41) is 12.3. The van der Waals surface area contributed by atoms with Crippen molar-refractivity contribution in [2.45, 2.75) is 51.5 Å². The second-order valence-electron chi connectivity index (χ2n) is 8.93. The van der Waals surface area contributed by atoms with Gasteiger partial charge in [-0.05, 0) is 49.6 Å². The Morgan fingerprint density at radius 2 is 1.71 bits per heavy atom. The minimum Gasteiger partial charge on any atom is -0.490 e. The fraction of sp³-hybridized carbons (Fsp3) is 0.407. The lowest BCUT2D eigenvalue weighted by Crippen LogP contribution is -2.42. The normalized spacial score (nSPS) is 14.9. The van der Waals surface area contributed by atoms with Crippen molar-refractivity contribution in [2.75, 3.05) is 13.2 Å². The summed E-state index contributed by atoms with van der Waals surface area (Å²) in [6.45, 7) is 2.35. The number of nitrogens with one attached hydrogen (secondary N) is 1. The second-order valence-corrected chi connectivity index (χ2v) is 8.93. The van der Waals surface area contributed by atoms with Crippen molar-refractivity contribution >= 4 is 22.9 Å². The van der Waals surface area contributed by atoms with Gasteiger partial charge in [0.2, 0.25) is 5.88 Å². The molecule has 0 spiro atoms. The minimum atomic E-state index is -0.999. The van der Waals surface area contributed by atoms with Gasteiger partial charge in [0, 0.05) is 5.56 Å². The van der Waals surface area contributed by atoms with E-state index in [1.165, 1.54) is 6.42 Å². The van der Waals surface area contributed by atoms with Crippen LogP contribution in [0.15, 0.2) is 48.5 Å². The Kier molecular flexibility index (Phi) is 8.13. The molecule has 1 saturated carbocycles. The molecule has 1 aliphatic rings. The van der Waals surface area contributed by atoms with Crippen LogP contribution in [0.4, 0.5) is 0 Å². The third-order valence-electron chi connectivity index (χ3n) is 6.29. The first-order chi connectivity index (χ1) is 17.0. The molecule has 1 heterocycles. The molecule has 4 rings (SSSR count). The van der Waals surface area contributed by atoms with Gasteiger partial charge in [0.25, 0.3) is 5.91 Å². The maximum absolute atomic E-state index is 12.7. The molecule has 0 bridgehead atoms. The monoisotopic (exact) mass is 477 g/mol. The van der Waals surface area contributed by atoms with Crippen molar-refractivity contribution in [1.82, 2.24) is 15.3 Å². The Morgan fingerprint density at radius 3 is 2.46 bits per heavy atom. The van der Waals surface area contributed by atoms with E-state index in [0.29, 0.717) is 35.2 Å². The number of amides is 1. The Morgan fingerprint density at radius 1 is 1.00 bits per heavy atom. The zero-order valence-electron chi connectivity index (χ0n) is 19.9. The molecule has 1 fully saturated rings. The average Bonchev–Trinajstić information content (AvgIpc) is 2.87. The molecule has 0 radical (unpaired) electrons. The molecule has 184 valence electrons. The molecule has 0 aliphatic heterocycles. The molecule has 1 aliphatic carbocycles. The highest BCUT2D eigenvalue weighted by Crippen LogP contribution is 2.27. The van der Waals surface area contributed by atoms with Crippen molar-refractivity contribution in [3.05, 3.63) is 59.8 Å². The number of aliphatic carboxylic acids is 1. The van der Waals surface area contributed by atoms with E-state index in [-0.39, 0.29) is 13.2 Å². The van der Waals surface area contributed by atoms with Crippen molar-refractivity contribution < 1.29 is 24.2 Å². The van der Waals surface area contributed by atoms with E-state index < -0.39 is 17.9 Å². The van der Waals surface area contributed by atoms with E-state index in [9.17, 15) is 14.7 Å². The van der Waals surface area contributed by atoms with Crippen molar-refractivity contribution in [2.24, 2.45) is 5.92 Å². The van der Waals surface area contributed by atoms with Crippen molar-refractivity contribution in [3.63, 3.8) is 0 Å².